The van der Waals surface area contributed by atoms with Crippen molar-refractivity contribution >= 4 is 45.3 Å². The van der Waals surface area contributed by atoms with Crippen molar-refractivity contribution in [3.05, 3.63) is 57.8 Å². The number of methoxy groups -OCH3 is 1. The second-order valence-electron chi connectivity index (χ2n) is 7.30. The molecule has 0 aliphatic heterocycles. The number of thiophene rings is 2. The van der Waals surface area contributed by atoms with Gasteiger partial charge >= 0.3 is 0 Å². The van der Waals surface area contributed by atoms with Crippen LogP contribution in [0.15, 0.2) is 46.9 Å². The molecule has 0 bridgehead atoms. The van der Waals surface area contributed by atoms with Gasteiger partial charge in [-0.1, -0.05) is 30.0 Å². The van der Waals surface area contributed by atoms with Crippen LogP contribution >= 0.6 is 34.4 Å². The summed E-state index contributed by atoms with van der Waals surface area (Å²) in [6, 6.07) is 13.9. The van der Waals surface area contributed by atoms with Gasteiger partial charge in [-0.25, -0.2) is 0 Å². The average molecular weight is 494 g/mol. The van der Waals surface area contributed by atoms with Gasteiger partial charge in [0.05, 0.1) is 29.0 Å². The molecule has 0 radical (unpaired) electrons. The molecule has 4 aromatic rings. The van der Waals surface area contributed by atoms with Crippen LogP contribution in [0.25, 0.3) is 16.4 Å². The molecule has 7 nitrogen and oxygen atoms in total. The highest BCUT2D eigenvalue weighted by Crippen LogP contribution is 2.39. The number of rotatable bonds is 7. The largest absolute Gasteiger partial charge is 0.495 e. The number of nitrogens with one attached hydrogen (secondary N) is 1. The van der Waals surface area contributed by atoms with Gasteiger partial charge in [0.15, 0.2) is 11.0 Å². The first-order valence-electron chi connectivity index (χ1n) is 10.3. The molecule has 1 amide bonds. The molecule has 0 atom stereocenters. The Balaban J connectivity index is 1.40. The maximum atomic E-state index is 12.8. The van der Waals surface area contributed by atoms with Gasteiger partial charge in [0.1, 0.15) is 16.8 Å². The molecule has 10 heteroatoms. The topological polar surface area (TPSA) is 92.8 Å². The number of hydrogen-bond acceptors (Lipinski definition) is 8. The van der Waals surface area contributed by atoms with E-state index in [-0.39, 0.29) is 11.7 Å². The summed E-state index contributed by atoms with van der Waals surface area (Å²) < 4.78 is 7.49. The van der Waals surface area contributed by atoms with Gasteiger partial charge in [-0.3, -0.25) is 9.36 Å². The van der Waals surface area contributed by atoms with E-state index in [1.807, 2.05) is 46.3 Å². The van der Waals surface area contributed by atoms with Gasteiger partial charge in [0.2, 0.25) is 5.91 Å². The Kier molecular flexibility index (Phi) is 6.17. The molecular formula is C23H19N5O2S3. The van der Waals surface area contributed by atoms with E-state index < -0.39 is 0 Å². The molecule has 0 unspecified atom stereocenters. The number of thioether (sulfide) groups is 1. The number of aryl methyl sites for hydroxylation is 1. The quantitative estimate of drug-likeness (QED) is 0.358. The fraction of sp³-hybridized carbons (Fsp3) is 0.217. The Morgan fingerprint density at radius 1 is 1.27 bits per heavy atom. The highest BCUT2D eigenvalue weighted by atomic mass is 32.2. The van der Waals surface area contributed by atoms with Crippen LogP contribution in [-0.2, 0) is 17.6 Å². The minimum atomic E-state index is -0.177. The highest BCUT2D eigenvalue weighted by molar-refractivity contribution is 7.99. The number of fused-ring (bicyclic) bond motifs is 1. The van der Waals surface area contributed by atoms with E-state index in [4.69, 9.17) is 4.74 Å². The fourth-order valence-electron chi connectivity index (χ4n) is 3.86. The zero-order valence-electron chi connectivity index (χ0n) is 17.7. The maximum Gasteiger partial charge on any atom is 0.235 e. The molecule has 5 rings (SSSR count). The number of benzene rings is 1. The lowest BCUT2D eigenvalue weighted by Crippen LogP contribution is -2.14. The van der Waals surface area contributed by atoms with Gasteiger partial charge in [0, 0.05) is 4.88 Å². The number of carbonyl (C=O) groups excluding carboxylic acids is 1. The van der Waals surface area contributed by atoms with E-state index >= 15 is 0 Å². The van der Waals surface area contributed by atoms with E-state index in [1.165, 1.54) is 28.0 Å². The number of carbonyl (C=O) groups is 1. The van der Waals surface area contributed by atoms with Crippen molar-refractivity contribution in [3.63, 3.8) is 0 Å². The molecule has 1 aromatic carbocycles. The Hall–Kier alpha value is -3.13. The van der Waals surface area contributed by atoms with Crippen molar-refractivity contribution in [2.75, 3.05) is 18.2 Å². The van der Waals surface area contributed by atoms with Crippen LogP contribution in [0.2, 0.25) is 0 Å². The molecule has 1 aliphatic carbocycles. The van der Waals surface area contributed by atoms with Crippen molar-refractivity contribution in [1.29, 1.82) is 5.26 Å². The number of nitriles is 1. The second-order valence-corrected chi connectivity index (χ2v) is 10.3. The maximum absolute atomic E-state index is 12.8. The number of nitrogens with zero attached hydrogens (tertiary/aromatic N) is 4. The molecule has 0 spiro atoms. The Morgan fingerprint density at radius 3 is 2.94 bits per heavy atom. The van der Waals surface area contributed by atoms with Crippen LogP contribution in [0.5, 0.6) is 5.75 Å². The second kappa shape index (κ2) is 9.39. The molecule has 33 heavy (non-hydrogen) atoms. The average Bonchev–Trinajstić information content (AvgIpc) is 3.61. The van der Waals surface area contributed by atoms with Crippen LogP contribution in [0, 0.1) is 11.3 Å². The SMILES string of the molecule is COc1ccccc1-n1c(SCC(=O)Nc2sc3c(c2C#N)CCC3)nnc1-c1cccs1. The third kappa shape index (κ3) is 4.15. The summed E-state index contributed by atoms with van der Waals surface area (Å²) >= 11 is 4.39. The van der Waals surface area contributed by atoms with Gasteiger partial charge in [-0.2, -0.15) is 5.26 Å². The van der Waals surface area contributed by atoms with Crippen LogP contribution in [0.4, 0.5) is 5.00 Å². The lowest BCUT2D eigenvalue weighted by Gasteiger charge is -2.13. The molecule has 1 N–H and O–H groups in total. The van der Waals surface area contributed by atoms with E-state index in [1.54, 1.807) is 18.4 Å². The van der Waals surface area contributed by atoms with Crippen LogP contribution in [0.3, 0.4) is 0 Å². The summed E-state index contributed by atoms with van der Waals surface area (Å²) in [6.45, 7) is 0. The molecular weight excluding hydrogens is 474 g/mol. The summed E-state index contributed by atoms with van der Waals surface area (Å²) in [7, 11) is 1.62. The zero-order chi connectivity index (χ0) is 22.8. The number of amides is 1. The molecule has 166 valence electrons. The molecule has 3 heterocycles. The first-order valence-corrected chi connectivity index (χ1v) is 13.0. The summed E-state index contributed by atoms with van der Waals surface area (Å²) in [5, 5.41) is 24.5. The zero-order valence-corrected chi connectivity index (χ0v) is 20.1. The molecule has 0 saturated carbocycles. The molecule has 0 saturated heterocycles. The first-order chi connectivity index (χ1) is 16.2. The van der Waals surface area contributed by atoms with Crippen molar-refractivity contribution < 1.29 is 9.53 Å². The van der Waals surface area contributed by atoms with Crippen LogP contribution < -0.4 is 10.1 Å². The smallest absolute Gasteiger partial charge is 0.235 e. The Morgan fingerprint density at radius 2 is 2.15 bits per heavy atom. The lowest BCUT2D eigenvalue weighted by atomic mass is 10.1. The number of anilines is 1. The van der Waals surface area contributed by atoms with E-state index in [0.717, 1.165) is 35.4 Å². The molecule has 1 aliphatic rings. The van der Waals surface area contributed by atoms with Crippen molar-refractivity contribution in [2.24, 2.45) is 0 Å². The highest BCUT2D eigenvalue weighted by Gasteiger charge is 2.24. The van der Waals surface area contributed by atoms with Gasteiger partial charge < -0.3 is 10.1 Å². The van der Waals surface area contributed by atoms with Gasteiger partial charge in [0.25, 0.3) is 0 Å². The molecule has 3 aromatic heterocycles. The van der Waals surface area contributed by atoms with Crippen LogP contribution in [0.1, 0.15) is 22.4 Å². The van der Waals surface area contributed by atoms with E-state index in [0.29, 0.717) is 27.3 Å². The third-order valence-electron chi connectivity index (χ3n) is 5.32. The van der Waals surface area contributed by atoms with Crippen LogP contribution in [-0.4, -0.2) is 33.5 Å². The van der Waals surface area contributed by atoms with E-state index in [9.17, 15) is 10.1 Å². The Bertz CT molecular complexity index is 1350. The number of aromatic nitrogens is 3. The summed E-state index contributed by atoms with van der Waals surface area (Å²) in [5.41, 5.74) is 2.52. The van der Waals surface area contributed by atoms with Crippen molar-refractivity contribution in [2.45, 2.75) is 24.4 Å². The summed E-state index contributed by atoms with van der Waals surface area (Å²) in [4.78, 5) is 15.0. The lowest BCUT2D eigenvalue weighted by molar-refractivity contribution is -0.113. The predicted molar refractivity (Wildman–Crippen MR) is 132 cm³/mol. The number of ether oxygens (including phenoxy) is 1. The van der Waals surface area contributed by atoms with Gasteiger partial charge in [-0.05, 0) is 48.4 Å². The Labute approximate surface area is 203 Å². The minimum absolute atomic E-state index is 0.144. The van der Waals surface area contributed by atoms with Gasteiger partial charge in [-0.15, -0.1) is 32.9 Å². The minimum Gasteiger partial charge on any atom is -0.495 e. The van der Waals surface area contributed by atoms with Crippen molar-refractivity contribution in [3.8, 4) is 28.2 Å². The number of hydrogen-bond donors (Lipinski definition) is 1. The third-order valence-corrected chi connectivity index (χ3v) is 8.32. The number of para-hydroxylation sites is 2. The first kappa shape index (κ1) is 21.7. The predicted octanol–water partition coefficient (Wildman–Crippen LogP) is 5.16. The normalized spacial score (nSPS) is 12.4. The monoisotopic (exact) mass is 493 g/mol. The fourth-order valence-corrected chi connectivity index (χ4v) is 6.56. The van der Waals surface area contributed by atoms with Crippen molar-refractivity contribution in [1.82, 2.24) is 14.8 Å². The van der Waals surface area contributed by atoms with E-state index in [2.05, 4.69) is 21.6 Å². The molecule has 0 fully saturated rings. The standard InChI is InChI=1S/C23H19N5O2S3/c1-30-17-8-3-2-7-16(17)28-21(19-10-5-11-31-19)26-27-23(28)32-13-20(29)25-22-15(12-24)14-6-4-9-18(14)33-22/h2-3,5,7-8,10-11H,4,6,9,13H2,1H3,(H,25,29). The summed E-state index contributed by atoms with van der Waals surface area (Å²) in [5.74, 6) is 1.35. The summed E-state index contributed by atoms with van der Waals surface area (Å²) in [6.07, 6.45) is 2.96.